The Morgan fingerprint density at radius 2 is 2.16 bits per heavy atom. The van der Waals surface area contributed by atoms with E-state index in [1.165, 1.54) is 6.33 Å². The first-order valence-electron chi connectivity index (χ1n) is 10.5. The number of nitrogen functional groups attached to an aromatic ring is 1. The second-order valence-electron chi connectivity index (χ2n) is 8.33. The molecule has 0 aromatic carbocycles. The Morgan fingerprint density at radius 1 is 1.47 bits per heavy atom. The molecule has 1 fully saturated rings. The van der Waals surface area contributed by atoms with Crippen molar-refractivity contribution in [3.8, 4) is 6.07 Å². The molecule has 4 atom stereocenters. The molecule has 0 saturated carbocycles. The van der Waals surface area contributed by atoms with E-state index in [4.69, 9.17) is 20.3 Å². The molecule has 176 valence electrons. The van der Waals surface area contributed by atoms with Gasteiger partial charge in [0.25, 0.3) is 5.56 Å². The van der Waals surface area contributed by atoms with Crippen molar-refractivity contribution in [3.63, 3.8) is 0 Å². The number of hydrogen-bond acceptors (Lipinski definition) is 10. The highest BCUT2D eigenvalue weighted by atomic mass is 31.2. The van der Waals surface area contributed by atoms with E-state index in [2.05, 4.69) is 21.0 Å². The van der Waals surface area contributed by atoms with Gasteiger partial charge in [-0.2, -0.15) is 14.8 Å². The molecule has 1 saturated heterocycles. The van der Waals surface area contributed by atoms with E-state index in [-0.39, 0.29) is 54.8 Å². The zero-order valence-corrected chi connectivity index (χ0v) is 19.6. The second-order valence-corrected chi connectivity index (χ2v) is 10.8. The van der Waals surface area contributed by atoms with Gasteiger partial charge in [0.1, 0.15) is 24.6 Å². The minimum Gasteiger partial charge on any atom is -0.394 e. The fourth-order valence-corrected chi connectivity index (χ4v) is 7.19. The van der Waals surface area contributed by atoms with Gasteiger partial charge in [-0.25, -0.2) is 9.88 Å². The Kier molecular flexibility index (Phi) is 7.50. The number of imidazole rings is 1. The molecule has 2 aromatic rings. The van der Waals surface area contributed by atoms with Crippen LogP contribution < -0.4 is 11.3 Å². The summed E-state index contributed by atoms with van der Waals surface area (Å²) in [7, 11) is -3.17. The molecule has 12 nitrogen and oxygen atoms in total. The summed E-state index contributed by atoms with van der Waals surface area (Å²) in [6, 6.07) is 2.04. The van der Waals surface area contributed by atoms with E-state index in [1.54, 1.807) is 4.57 Å². The van der Waals surface area contributed by atoms with Crippen molar-refractivity contribution >= 4 is 25.0 Å². The van der Waals surface area contributed by atoms with Gasteiger partial charge in [-0.05, 0) is 27.7 Å². The largest absolute Gasteiger partial charge is 0.394 e. The fourth-order valence-electron chi connectivity index (χ4n) is 4.25. The van der Waals surface area contributed by atoms with Crippen molar-refractivity contribution < 1.29 is 19.3 Å². The third kappa shape index (κ3) is 4.78. The average molecular weight is 468 g/mol. The van der Waals surface area contributed by atoms with Crippen LogP contribution in [0.15, 0.2) is 11.1 Å². The van der Waals surface area contributed by atoms with Crippen molar-refractivity contribution in [1.82, 2.24) is 24.2 Å². The van der Waals surface area contributed by atoms with Crippen molar-refractivity contribution in [1.29, 1.82) is 5.26 Å². The zero-order chi connectivity index (χ0) is 23.6. The molecule has 0 amide bonds. The molecule has 3 rings (SSSR count). The topological polar surface area (TPSA) is 176 Å². The van der Waals surface area contributed by atoms with E-state index in [0.717, 1.165) is 0 Å². The smallest absolute Gasteiger partial charge is 0.347 e. The highest BCUT2D eigenvalue weighted by Gasteiger charge is 2.53. The van der Waals surface area contributed by atoms with Crippen molar-refractivity contribution in [2.75, 3.05) is 18.5 Å². The maximum Gasteiger partial charge on any atom is 0.347 e. The summed E-state index contributed by atoms with van der Waals surface area (Å²) in [5.74, 6) is -0.0462. The minimum atomic E-state index is -3.17. The summed E-state index contributed by atoms with van der Waals surface area (Å²) in [5, 5.41) is 19.0. The third-order valence-corrected chi connectivity index (χ3v) is 8.42. The molecule has 5 N–H and O–H groups in total. The first-order valence-corrected chi connectivity index (χ1v) is 12.3. The molecule has 0 radical (unpaired) electrons. The lowest BCUT2D eigenvalue weighted by atomic mass is 10.2. The maximum atomic E-state index is 12.1. The number of aromatic nitrogens is 4. The van der Waals surface area contributed by atoms with Gasteiger partial charge in [-0.15, -0.1) is 4.67 Å². The summed E-state index contributed by atoms with van der Waals surface area (Å²) < 4.78 is 15.7. The van der Waals surface area contributed by atoms with E-state index in [9.17, 15) is 14.8 Å². The van der Waals surface area contributed by atoms with E-state index in [0.29, 0.717) is 0 Å². The van der Waals surface area contributed by atoms with Crippen LogP contribution in [-0.4, -0.2) is 71.2 Å². The van der Waals surface area contributed by atoms with Crippen LogP contribution in [0.25, 0.3) is 11.2 Å². The van der Waals surface area contributed by atoms with Crippen LogP contribution in [0, 0.1) is 11.3 Å². The zero-order valence-electron chi connectivity index (χ0n) is 18.7. The minimum absolute atomic E-state index is 0.0192. The van der Waals surface area contributed by atoms with Crippen LogP contribution >= 0.6 is 7.87 Å². The molecule has 13 heteroatoms. The number of H-pyrrole nitrogens is 1. The number of nitriles is 1. The van der Waals surface area contributed by atoms with Crippen LogP contribution in [-0.2, 0) is 9.26 Å². The van der Waals surface area contributed by atoms with Crippen LogP contribution in [0.3, 0.4) is 0 Å². The predicted octanol–water partition coefficient (Wildman–Crippen LogP) is 1.15. The number of hydrogen-bond donors (Lipinski definition) is 4. The summed E-state index contributed by atoms with van der Waals surface area (Å²) >= 11 is 0. The van der Waals surface area contributed by atoms with Gasteiger partial charge >= 0.3 is 7.87 Å². The number of nitrogens with two attached hydrogens (primary N) is 1. The first-order chi connectivity index (χ1) is 15.1. The standard InChI is InChI=1S/C19H30N7O5P/c1-11(2)26(12(3)4)32(29,7-5-6-20)31-13-8-15(30-14(13)9-27)25-10-22-16-17(25)23-19(21)24-18(16)28/h10-15,27,29H,5,7-9H2,1-4H3,(H2-,21,23,24,28)/p+1/t13-,14+,15+,32?/m0/s1. The van der Waals surface area contributed by atoms with Crippen molar-refractivity contribution in [2.45, 2.75) is 71.1 Å². The first kappa shape index (κ1) is 24.5. The fraction of sp³-hybridized carbons (Fsp3) is 0.684. The average Bonchev–Trinajstić information content (AvgIpc) is 3.29. The molecule has 0 aliphatic carbocycles. The van der Waals surface area contributed by atoms with Crippen LogP contribution in [0.4, 0.5) is 5.95 Å². The summed E-state index contributed by atoms with van der Waals surface area (Å²) in [6.45, 7) is 7.52. The van der Waals surface area contributed by atoms with E-state index in [1.807, 2.05) is 32.4 Å². The number of aliphatic hydroxyl groups is 1. The molecule has 3 heterocycles. The lowest BCUT2D eigenvalue weighted by Gasteiger charge is -2.36. The number of fused-ring (bicyclic) bond motifs is 1. The summed E-state index contributed by atoms with van der Waals surface area (Å²) in [6.07, 6.45) is 0.0422. The molecule has 1 unspecified atom stereocenters. The van der Waals surface area contributed by atoms with Gasteiger partial charge < -0.3 is 15.6 Å². The maximum absolute atomic E-state index is 12.1. The Bertz CT molecular complexity index is 1030. The second kappa shape index (κ2) is 9.79. The number of aromatic amines is 1. The van der Waals surface area contributed by atoms with Crippen LogP contribution in [0.1, 0.15) is 46.8 Å². The van der Waals surface area contributed by atoms with Crippen molar-refractivity contribution in [2.24, 2.45) is 0 Å². The van der Waals surface area contributed by atoms with Crippen LogP contribution in [0.5, 0.6) is 0 Å². The molecule has 2 aromatic heterocycles. The number of nitrogens with zero attached hydrogens (tertiary/aromatic N) is 5. The number of rotatable bonds is 9. The third-order valence-electron chi connectivity index (χ3n) is 5.36. The molecular weight excluding hydrogens is 437 g/mol. The highest BCUT2D eigenvalue weighted by Crippen LogP contribution is 2.63. The molecule has 0 spiro atoms. The summed E-state index contributed by atoms with van der Waals surface area (Å²) in [4.78, 5) is 34.4. The number of aliphatic hydroxyl groups excluding tert-OH is 1. The summed E-state index contributed by atoms with van der Waals surface area (Å²) in [5.41, 5.74) is 5.60. The Labute approximate surface area is 186 Å². The van der Waals surface area contributed by atoms with Gasteiger partial charge in [0, 0.05) is 18.5 Å². The van der Waals surface area contributed by atoms with Gasteiger partial charge in [0.05, 0.1) is 25.4 Å². The quantitative estimate of drug-likeness (QED) is 0.391. The molecule has 0 bridgehead atoms. The van der Waals surface area contributed by atoms with E-state index < -0.39 is 31.9 Å². The molecule has 32 heavy (non-hydrogen) atoms. The lowest BCUT2D eigenvalue weighted by molar-refractivity contribution is -0.0416. The van der Waals surface area contributed by atoms with Gasteiger partial charge in [0.15, 0.2) is 11.2 Å². The SMILES string of the molecule is CC(C)N(C(C)C)[P+](O)(CCC#N)O[C@H]1C[C@H](n2cnc3c(=O)[nH]c(N)nc32)O[C@@H]1CO. The van der Waals surface area contributed by atoms with Crippen LogP contribution in [0.2, 0.25) is 0 Å². The monoisotopic (exact) mass is 468 g/mol. The molecule has 1 aliphatic rings. The molecule has 1 aliphatic heterocycles. The van der Waals surface area contributed by atoms with Gasteiger partial charge in [-0.3, -0.25) is 14.3 Å². The van der Waals surface area contributed by atoms with Gasteiger partial charge in [-0.1, -0.05) is 0 Å². The number of anilines is 1. The highest BCUT2D eigenvalue weighted by molar-refractivity contribution is 7.63. The lowest BCUT2D eigenvalue weighted by Crippen LogP contribution is -2.41. The Hall–Kier alpha value is -2.13. The van der Waals surface area contributed by atoms with E-state index >= 15 is 0 Å². The predicted molar refractivity (Wildman–Crippen MR) is 119 cm³/mol. The van der Waals surface area contributed by atoms with Crippen molar-refractivity contribution in [3.05, 3.63) is 16.7 Å². The normalized spacial score (nSPS) is 23.3. The Morgan fingerprint density at radius 3 is 2.75 bits per heavy atom. The van der Waals surface area contributed by atoms with Gasteiger partial charge in [0.2, 0.25) is 5.95 Å². The number of nitrogens with one attached hydrogen (secondary N) is 1. The Balaban J connectivity index is 1.91. The molecular formula is C19H31N7O5P+. The number of ether oxygens (including phenoxy) is 1.